The minimum atomic E-state index is 0.365. The lowest BCUT2D eigenvalue weighted by Crippen LogP contribution is -2.23. The standard InChI is InChI=1S/C15H23N3/c1-14(2)12(15(14,3)4)10-17-13(16)18-11-8-6-5-7-9-11/h5-9,12H,10H2,1-4H3,(H3,16,17,18). The number of nitrogens with two attached hydrogens (primary N) is 1. The summed E-state index contributed by atoms with van der Waals surface area (Å²) in [7, 11) is 0. The first-order chi connectivity index (χ1) is 8.35. The molecule has 0 heterocycles. The van der Waals surface area contributed by atoms with Crippen molar-refractivity contribution >= 4 is 11.6 Å². The van der Waals surface area contributed by atoms with E-state index in [0.717, 1.165) is 12.2 Å². The van der Waals surface area contributed by atoms with E-state index in [9.17, 15) is 0 Å². The summed E-state index contributed by atoms with van der Waals surface area (Å²) >= 11 is 0. The Kier molecular flexibility index (Phi) is 3.09. The summed E-state index contributed by atoms with van der Waals surface area (Å²) in [6.45, 7) is 10.00. The summed E-state index contributed by atoms with van der Waals surface area (Å²) in [6.07, 6.45) is 0. The van der Waals surface area contributed by atoms with E-state index >= 15 is 0 Å². The number of hydrogen-bond acceptors (Lipinski definition) is 1. The molecule has 1 fully saturated rings. The van der Waals surface area contributed by atoms with E-state index in [0.29, 0.717) is 22.7 Å². The third-order valence-electron chi connectivity index (χ3n) is 4.81. The second-order valence-corrected chi connectivity index (χ2v) is 6.21. The lowest BCUT2D eigenvalue weighted by atomic mass is 10.0. The number of guanidine groups is 1. The number of benzene rings is 1. The Morgan fingerprint density at radius 2 is 1.72 bits per heavy atom. The Labute approximate surface area is 109 Å². The molecule has 2 rings (SSSR count). The molecule has 3 nitrogen and oxygen atoms in total. The highest BCUT2D eigenvalue weighted by Gasteiger charge is 2.64. The highest BCUT2D eigenvalue weighted by Crippen LogP contribution is 2.68. The van der Waals surface area contributed by atoms with Crippen LogP contribution in [0.2, 0.25) is 0 Å². The van der Waals surface area contributed by atoms with Gasteiger partial charge in [0.25, 0.3) is 0 Å². The van der Waals surface area contributed by atoms with Crippen molar-refractivity contribution in [1.82, 2.24) is 0 Å². The molecule has 0 spiro atoms. The van der Waals surface area contributed by atoms with Crippen LogP contribution in [0.25, 0.3) is 0 Å². The molecule has 1 aromatic carbocycles. The van der Waals surface area contributed by atoms with Crippen molar-refractivity contribution in [3.05, 3.63) is 30.3 Å². The largest absolute Gasteiger partial charge is 0.370 e. The quantitative estimate of drug-likeness (QED) is 0.635. The second-order valence-electron chi connectivity index (χ2n) is 6.21. The molecule has 98 valence electrons. The molecule has 0 unspecified atom stereocenters. The Balaban J connectivity index is 1.92. The molecule has 3 heteroatoms. The molecule has 1 aliphatic carbocycles. The van der Waals surface area contributed by atoms with Crippen LogP contribution < -0.4 is 11.1 Å². The summed E-state index contributed by atoms with van der Waals surface area (Å²) in [5.74, 6) is 1.11. The maximum Gasteiger partial charge on any atom is 0.193 e. The van der Waals surface area contributed by atoms with E-state index in [1.807, 2.05) is 30.3 Å². The summed E-state index contributed by atoms with van der Waals surface area (Å²) in [5, 5.41) is 3.11. The van der Waals surface area contributed by atoms with Crippen LogP contribution in [-0.2, 0) is 0 Å². The molecule has 1 saturated carbocycles. The van der Waals surface area contributed by atoms with Crippen LogP contribution in [0.5, 0.6) is 0 Å². The topological polar surface area (TPSA) is 50.4 Å². The Morgan fingerprint density at radius 1 is 1.17 bits per heavy atom. The Hall–Kier alpha value is -1.51. The molecule has 3 N–H and O–H groups in total. The van der Waals surface area contributed by atoms with Crippen LogP contribution in [0.3, 0.4) is 0 Å². The SMILES string of the molecule is CC1(C)C(CN=C(N)Nc2ccccc2)C1(C)C. The van der Waals surface area contributed by atoms with Crippen LogP contribution in [0, 0.1) is 16.7 Å². The summed E-state index contributed by atoms with van der Waals surface area (Å²) < 4.78 is 0. The van der Waals surface area contributed by atoms with Gasteiger partial charge in [-0.2, -0.15) is 0 Å². The molecule has 0 radical (unpaired) electrons. The number of rotatable bonds is 3. The number of anilines is 1. The third-order valence-corrected chi connectivity index (χ3v) is 4.81. The van der Waals surface area contributed by atoms with Crippen molar-refractivity contribution in [2.24, 2.45) is 27.5 Å². The van der Waals surface area contributed by atoms with Gasteiger partial charge in [-0.1, -0.05) is 45.9 Å². The molecule has 1 aromatic rings. The highest BCUT2D eigenvalue weighted by atomic mass is 15.1. The fourth-order valence-corrected chi connectivity index (χ4v) is 2.69. The van der Waals surface area contributed by atoms with Gasteiger partial charge in [0.05, 0.1) is 0 Å². The zero-order valence-corrected chi connectivity index (χ0v) is 11.7. The highest BCUT2D eigenvalue weighted by molar-refractivity contribution is 5.92. The summed E-state index contributed by atoms with van der Waals surface area (Å²) in [4.78, 5) is 4.46. The van der Waals surface area contributed by atoms with Crippen LogP contribution >= 0.6 is 0 Å². The van der Waals surface area contributed by atoms with Gasteiger partial charge in [0.1, 0.15) is 0 Å². The van der Waals surface area contributed by atoms with E-state index < -0.39 is 0 Å². The van der Waals surface area contributed by atoms with Crippen LogP contribution in [0.4, 0.5) is 5.69 Å². The van der Waals surface area contributed by atoms with Gasteiger partial charge in [0.15, 0.2) is 5.96 Å². The predicted octanol–water partition coefficient (Wildman–Crippen LogP) is 3.10. The molecule has 0 bridgehead atoms. The molecule has 18 heavy (non-hydrogen) atoms. The summed E-state index contributed by atoms with van der Waals surface area (Å²) in [5.41, 5.74) is 7.61. The lowest BCUT2D eigenvalue weighted by Gasteiger charge is -2.05. The van der Waals surface area contributed by atoms with E-state index in [4.69, 9.17) is 5.73 Å². The first-order valence-electron chi connectivity index (χ1n) is 6.47. The zero-order chi connectivity index (χ0) is 13.4. The van der Waals surface area contributed by atoms with Crippen molar-refractivity contribution in [2.75, 3.05) is 11.9 Å². The number of aliphatic imine (C=N–C) groups is 1. The normalized spacial score (nSPS) is 21.7. The average Bonchev–Trinajstić information content (AvgIpc) is 2.68. The van der Waals surface area contributed by atoms with Crippen LogP contribution in [-0.4, -0.2) is 12.5 Å². The fourth-order valence-electron chi connectivity index (χ4n) is 2.69. The molecular formula is C15H23N3. The molecule has 0 saturated heterocycles. The van der Waals surface area contributed by atoms with E-state index in [-0.39, 0.29) is 0 Å². The van der Waals surface area contributed by atoms with Crippen LogP contribution in [0.15, 0.2) is 35.3 Å². The maximum atomic E-state index is 5.90. The number of para-hydroxylation sites is 1. The van der Waals surface area contributed by atoms with Crippen molar-refractivity contribution < 1.29 is 0 Å². The molecular weight excluding hydrogens is 222 g/mol. The lowest BCUT2D eigenvalue weighted by molar-refractivity contribution is 0.457. The minimum Gasteiger partial charge on any atom is -0.370 e. The van der Waals surface area contributed by atoms with Gasteiger partial charge in [0.2, 0.25) is 0 Å². The molecule has 1 aliphatic rings. The number of hydrogen-bond donors (Lipinski definition) is 2. The van der Waals surface area contributed by atoms with Crippen molar-refractivity contribution in [3.63, 3.8) is 0 Å². The summed E-state index contributed by atoms with van der Waals surface area (Å²) in [6, 6.07) is 9.89. The third kappa shape index (κ3) is 2.22. The molecule has 0 amide bonds. The monoisotopic (exact) mass is 245 g/mol. The molecule has 0 atom stereocenters. The zero-order valence-electron chi connectivity index (χ0n) is 11.7. The van der Waals surface area contributed by atoms with Crippen molar-refractivity contribution in [1.29, 1.82) is 0 Å². The second kappa shape index (κ2) is 4.30. The van der Waals surface area contributed by atoms with Gasteiger partial charge in [0, 0.05) is 12.2 Å². The van der Waals surface area contributed by atoms with Gasteiger partial charge >= 0.3 is 0 Å². The number of nitrogens with zero attached hydrogens (tertiary/aromatic N) is 1. The van der Waals surface area contributed by atoms with Gasteiger partial charge in [-0.3, -0.25) is 4.99 Å². The Bertz CT molecular complexity index is 432. The Morgan fingerprint density at radius 3 is 2.22 bits per heavy atom. The first kappa shape index (κ1) is 12.9. The van der Waals surface area contributed by atoms with Gasteiger partial charge in [-0.15, -0.1) is 0 Å². The van der Waals surface area contributed by atoms with Crippen molar-refractivity contribution in [2.45, 2.75) is 27.7 Å². The van der Waals surface area contributed by atoms with E-state index in [1.165, 1.54) is 0 Å². The maximum absolute atomic E-state index is 5.90. The van der Waals surface area contributed by atoms with Gasteiger partial charge < -0.3 is 11.1 Å². The van der Waals surface area contributed by atoms with E-state index in [1.54, 1.807) is 0 Å². The predicted molar refractivity (Wildman–Crippen MR) is 77.6 cm³/mol. The first-order valence-corrected chi connectivity index (χ1v) is 6.47. The van der Waals surface area contributed by atoms with E-state index in [2.05, 4.69) is 38.0 Å². The average molecular weight is 245 g/mol. The van der Waals surface area contributed by atoms with Crippen LogP contribution in [0.1, 0.15) is 27.7 Å². The molecule has 0 aromatic heterocycles. The fraction of sp³-hybridized carbons (Fsp3) is 0.533. The van der Waals surface area contributed by atoms with Crippen molar-refractivity contribution in [3.8, 4) is 0 Å². The minimum absolute atomic E-state index is 0.365. The van der Waals surface area contributed by atoms with Gasteiger partial charge in [-0.05, 0) is 28.9 Å². The smallest absolute Gasteiger partial charge is 0.193 e. The molecule has 0 aliphatic heterocycles. The number of nitrogens with one attached hydrogen (secondary N) is 1. The van der Waals surface area contributed by atoms with Gasteiger partial charge in [-0.25, -0.2) is 0 Å².